The van der Waals surface area contributed by atoms with Crippen LogP contribution in [0.3, 0.4) is 0 Å². The number of hydrogen-bond donors (Lipinski definition) is 2. The molecule has 2 aromatic carbocycles. The van der Waals surface area contributed by atoms with Crippen LogP contribution in [-0.4, -0.2) is 104 Å². The highest BCUT2D eigenvalue weighted by atomic mass is 16.6. The lowest BCUT2D eigenvalue weighted by Crippen LogP contribution is -2.51. The second-order valence-electron chi connectivity index (χ2n) is 13.0. The number of carboxylic acids is 1. The Hall–Kier alpha value is -3.34. The van der Waals surface area contributed by atoms with Gasteiger partial charge < -0.3 is 29.7 Å². The van der Waals surface area contributed by atoms with E-state index in [1.54, 1.807) is 4.90 Å². The number of nitrogens with zero attached hydrogens (tertiary/aromatic N) is 2. The molecule has 0 bridgehead atoms. The minimum absolute atomic E-state index is 0.147. The molecule has 10 nitrogen and oxygen atoms in total. The molecule has 0 saturated carbocycles. The van der Waals surface area contributed by atoms with E-state index in [4.69, 9.17) is 9.47 Å². The summed E-state index contributed by atoms with van der Waals surface area (Å²) >= 11 is 0. The van der Waals surface area contributed by atoms with E-state index < -0.39 is 30.7 Å². The van der Waals surface area contributed by atoms with Crippen LogP contribution in [0.5, 0.6) is 0 Å². The van der Waals surface area contributed by atoms with Gasteiger partial charge >= 0.3 is 5.97 Å². The van der Waals surface area contributed by atoms with Crippen molar-refractivity contribution in [2.75, 3.05) is 53.0 Å². The van der Waals surface area contributed by atoms with Crippen LogP contribution < -0.4 is 5.32 Å². The SMILES string of the molecule is CCCCCCC(=O)CCCCCOC(C(=O)NCCCCCc1ccc2ccccc2c1)C(OCC(=O)N1CCN(C)CC1)C(=O)O. The molecule has 2 N–H and O–H groups in total. The molecule has 2 amide bonds. The van der Waals surface area contributed by atoms with E-state index >= 15 is 0 Å². The summed E-state index contributed by atoms with van der Waals surface area (Å²) in [5, 5.41) is 15.3. The first-order valence-electron chi connectivity index (χ1n) is 18.0. The first-order chi connectivity index (χ1) is 23.3. The Balaban J connectivity index is 1.46. The molecule has 1 fully saturated rings. The van der Waals surface area contributed by atoms with Crippen molar-refractivity contribution in [2.24, 2.45) is 0 Å². The van der Waals surface area contributed by atoms with Crippen LogP contribution in [-0.2, 0) is 35.1 Å². The number of aryl methyl sites for hydroxylation is 1. The Kier molecular flexibility index (Phi) is 18.2. The number of amides is 2. The topological polar surface area (TPSA) is 125 Å². The number of aliphatic carboxylic acids is 1. The number of likely N-dealkylation sites (N-methyl/N-ethyl adjacent to an activating group) is 1. The van der Waals surface area contributed by atoms with Gasteiger partial charge in [0, 0.05) is 52.2 Å². The molecule has 1 saturated heterocycles. The van der Waals surface area contributed by atoms with Crippen molar-refractivity contribution in [2.45, 2.75) is 103 Å². The summed E-state index contributed by atoms with van der Waals surface area (Å²) < 4.78 is 11.4. The molecular formula is C38H57N3O7. The highest BCUT2D eigenvalue weighted by molar-refractivity contribution is 5.88. The minimum atomic E-state index is -1.63. The van der Waals surface area contributed by atoms with Crippen molar-refractivity contribution in [3.8, 4) is 0 Å². The summed E-state index contributed by atoms with van der Waals surface area (Å²) in [5.41, 5.74) is 1.27. The number of nitrogens with one attached hydrogen (secondary N) is 1. The Labute approximate surface area is 286 Å². The van der Waals surface area contributed by atoms with Gasteiger partial charge in [-0.15, -0.1) is 0 Å². The lowest BCUT2D eigenvalue weighted by Gasteiger charge is -2.32. The summed E-state index contributed by atoms with van der Waals surface area (Å²) in [6.07, 6.45) is 7.98. The summed E-state index contributed by atoms with van der Waals surface area (Å²) in [4.78, 5) is 54.3. The second kappa shape index (κ2) is 22.3. The van der Waals surface area contributed by atoms with E-state index in [2.05, 4.69) is 47.5 Å². The third kappa shape index (κ3) is 14.4. The predicted octanol–water partition coefficient (Wildman–Crippen LogP) is 5.40. The average Bonchev–Trinajstić information content (AvgIpc) is 3.08. The maximum absolute atomic E-state index is 13.3. The fraction of sp³-hybridized carbons (Fsp3) is 0.632. The van der Waals surface area contributed by atoms with Gasteiger partial charge in [0.05, 0.1) is 0 Å². The van der Waals surface area contributed by atoms with Crippen molar-refractivity contribution in [3.05, 3.63) is 48.0 Å². The van der Waals surface area contributed by atoms with Gasteiger partial charge in [-0.05, 0) is 61.9 Å². The van der Waals surface area contributed by atoms with Crippen LogP contribution in [0.15, 0.2) is 42.5 Å². The summed E-state index contributed by atoms with van der Waals surface area (Å²) in [5.74, 6) is -1.96. The first kappa shape index (κ1) is 39.1. The molecule has 0 radical (unpaired) electrons. The zero-order valence-corrected chi connectivity index (χ0v) is 29.1. The Bertz CT molecular complexity index is 1280. The molecule has 2 unspecified atom stereocenters. The van der Waals surface area contributed by atoms with Gasteiger partial charge in [0.1, 0.15) is 12.4 Å². The van der Waals surface area contributed by atoms with E-state index in [9.17, 15) is 24.3 Å². The Morgan fingerprint density at radius 1 is 0.792 bits per heavy atom. The number of hydrogen-bond acceptors (Lipinski definition) is 7. The standard InChI is InChI=1S/C38H57N3O7/c1-3-4-5-9-18-33(42)19-10-7-14-27-47-35(36(38(45)46)48-29-34(43)41-25-23-40(2)24-26-41)37(44)39-22-13-6-8-15-30-20-21-31-16-11-12-17-32(31)28-30/h11-12,16-17,20-21,28,35-36H,3-10,13-15,18-19,22-27,29H2,1-2H3,(H,39,44)(H,45,46). The number of piperazine rings is 1. The van der Waals surface area contributed by atoms with E-state index in [0.29, 0.717) is 38.9 Å². The van der Waals surface area contributed by atoms with Crippen molar-refractivity contribution >= 4 is 34.3 Å². The molecular weight excluding hydrogens is 610 g/mol. The molecule has 2 atom stereocenters. The highest BCUT2D eigenvalue weighted by Crippen LogP contribution is 2.17. The number of carbonyl (C=O) groups is 4. The minimum Gasteiger partial charge on any atom is -0.479 e. The molecule has 2 aromatic rings. The average molecular weight is 668 g/mol. The van der Waals surface area contributed by atoms with Crippen molar-refractivity contribution in [1.82, 2.24) is 15.1 Å². The van der Waals surface area contributed by atoms with Gasteiger partial charge in [0.2, 0.25) is 5.91 Å². The van der Waals surface area contributed by atoms with Gasteiger partial charge in [-0.1, -0.05) is 81.5 Å². The zero-order chi connectivity index (χ0) is 34.6. The van der Waals surface area contributed by atoms with Gasteiger partial charge in [0.25, 0.3) is 5.91 Å². The number of ketones is 1. The maximum atomic E-state index is 13.3. The molecule has 1 aliphatic rings. The predicted molar refractivity (Wildman–Crippen MR) is 188 cm³/mol. The highest BCUT2D eigenvalue weighted by Gasteiger charge is 2.36. The Morgan fingerprint density at radius 2 is 1.48 bits per heavy atom. The molecule has 10 heteroatoms. The van der Waals surface area contributed by atoms with Gasteiger partial charge in [0.15, 0.2) is 12.2 Å². The van der Waals surface area contributed by atoms with Gasteiger partial charge in [-0.3, -0.25) is 14.4 Å². The maximum Gasteiger partial charge on any atom is 0.336 e. The molecule has 3 rings (SSSR count). The molecule has 0 spiro atoms. The number of rotatable bonds is 24. The van der Waals surface area contributed by atoms with Crippen molar-refractivity contribution in [3.63, 3.8) is 0 Å². The van der Waals surface area contributed by atoms with Crippen LogP contribution in [0, 0.1) is 0 Å². The summed E-state index contributed by atoms with van der Waals surface area (Å²) in [7, 11) is 1.98. The summed E-state index contributed by atoms with van der Waals surface area (Å²) in [6, 6.07) is 14.8. The van der Waals surface area contributed by atoms with Gasteiger partial charge in [-0.25, -0.2) is 4.79 Å². The molecule has 1 aliphatic heterocycles. The molecule has 1 heterocycles. The number of fused-ring (bicyclic) bond motifs is 1. The largest absolute Gasteiger partial charge is 0.479 e. The third-order valence-corrected chi connectivity index (χ3v) is 8.98. The van der Waals surface area contributed by atoms with Crippen LogP contribution >= 0.6 is 0 Å². The number of unbranched alkanes of at least 4 members (excludes halogenated alkanes) is 7. The van der Waals surface area contributed by atoms with Gasteiger partial charge in [-0.2, -0.15) is 0 Å². The first-order valence-corrected chi connectivity index (χ1v) is 18.0. The normalized spacial score (nSPS) is 14.9. The molecule has 266 valence electrons. The summed E-state index contributed by atoms with van der Waals surface area (Å²) in [6.45, 7) is 4.77. The number of carbonyl (C=O) groups excluding carboxylic acids is 3. The molecule has 0 aromatic heterocycles. The fourth-order valence-electron chi connectivity index (χ4n) is 5.92. The van der Waals surface area contributed by atoms with E-state index in [0.717, 1.165) is 77.3 Å². The van der Waals surface area contributed by atoms with Crippen molar-refractivity contribution in [1.29, 1.82) is 0 Å². The second-order valence-corrected chi connectivity index (χ2v) is 13.0. The monoisotopic (exact) mass is 667 g/mol. The fourth-order valence-corrected chi connectivity index (χ4v) is 5.92. The van der Waals surface area contributed by atoms with Crippen LogP contribution in [0.25, 0.3) is 10.8 Å². The van der Waals surface area contributed by atoms with Crippen LogP contribution in [0.4, 0.5) is 0 Å². The van der Waals surface area contributed by atoms with Crippen LogP contribution in [0.1, 0.15) is 89.5 Å². The number of carboxylic acid groups (broad SMARTS) is 1. The van der Waals surface area contributed by atoms with Crippen molar-refractivity contribution < 1.29 is 33.8 Å². The number of ether oxygens (including phenoxy) is 2. The van der Waals surface area contributed by atoms with E-state index in [1.807, 2.05) is 19.2 Å². The van der Waals surface area contributed by atoms with Crippen LogP contribution in [0.2, 0.25) is 0 Å². The number of Topliss-reactive ketones (excluding diaryl/α,β-unsaturated/α-hetero) is 1. The third-order valence-electron chi connectivity index (χ3n) is 8.98. The van der Waals surface area contributed by atoms with E-state index in [-0.39, 0.29) is 18.3 Å². The van der Waals surface area contributed by atoms with E-state index in [1.165, 1.54) is 16.3 Å². The smallest absolute Gasteiger partial charge is 0.336 e. The zero-order valence-electron chi connectivity index (χ0n) is 29.1. The number of benzene rings is 2. The molecule has 0 aliphatic carbocycles. The lowest BCUT2D eigenvalue weighted by molar-refractivity contribution is -0.171. The Morgan fingerprint density at radius 3 is 2.19 bits per heavy atom. The molecule has 48 heavy (non-hydrogen) atoms. The quantitative estimate of drug-likeness (QED) is 0.143. The lowest BCUT2D eigenvalue weighted by atomic mass is 10.0.